The van der Waals surface area contributed by atoms with E-state index < -0.39 is 6.10 Å². The Kier molecular flexibility index (Phi) is 3.55. The largest absolute Gasteiger partial charge is 0.387 e. The summed E-state index contributed by atoms with van der Waals surface area (Å²) < 4.78 is 2.79. The van der Waals surface area contributed by atoms with Crippen LogP contribution in [0.2, 0.25) is 0 Å². The van der Waals surface area contributed by atoms with Gasteiger partial charge in [0, 0.05) is 3.57 Å². The quantitative estimate of drug-likeness (QED) is 0.880. The lowest BCUT2D eigenvalue weighted by Gasteiger charge is -2.03. The van der Waals surface area contributed by atoms with Gasteiger partial charge in [-0.3, -0.25) is 0 Å². The molecular formula is C11H12IN3O. The van der Waals surface area contributed by atoms with Gasteiger partial charge in [0.2, 0.25) is 0 Å². The molecule has 0 radical (unpaired) electrons. The van der Waals surface area contributed by atoms with E-state index >= 15 is 0 Å². The van der Waals surface area contributed by atoms with Crippen LogP contribution in [0.5, 0.6) is 0 Å². The summed E-state index contributed by atoms with van der Waals surface area (Å²) in [6, 6.07) is 7.91. The molecule has 0 bridgehead atoms. The molecule has 1 N–H and O–H groups in total. The summed E-state index contributed by atoms with van der Waals surface area (Å²) in [5.41, 5.74) is 1.59. The summed E-state index contributed by atoms with van der Waals surface area (Å²) in [5.74, 6) is 0. The molecule has 0 spiro atoms. The number of aromatic nitrogens is 3. The monoisotopic (exact) mass is 329 g/mol. The van der Waals surface area contributed by atoms with Crippen molar-refractivity contribution < 1.29 is 5.11 Å². The van der Waals surface area contributed by atoms with E-state index in [4.69, 9.17) is 0 Å². The first-order chi connectivity index (χ1) is 7.72. The zero-order valence-corrected chi connectivity index (χ0v) is 11.0. The van der Waals surface area contributed by atoms with E-state index in [0.29, 0.717) is 12.1 Å². The van der Waals surface area contributed by atoms with E-state index in [1.165, 1.54) is 0 Å². The third-order valence-electron chi connectivity index (χ3n) is 2.34. The van der Waals surface area contributed by atoms with Gasteiger partial charge in [0.1, 0.15) is 5.69 Å². The molecule has 16 heavy (non-hydrogen) atoms. The Balaban J connectivity index is 2.35. The number of hydrogen-bond acceptors (Lipinski definition) is 3. The van der Waals surface area contributed by atoms with Gasteiger partial charge in [0.05, 0.1) is 18.0 Å². The van der Waals surface area contributed by atoms with Gasteiger partial charge in [0.15, 0.2) is 0 Å². The molecule has 0 aliphatic rings. The Hall–Kier alpha value is -0.950. The number of halogens is 1. The molecule has 0 aliphatic carbocycles. The Labute approximate surface area is 107 Å². The number of hydrogen-bond donors (Lipinski definition) is 1. The van der Waals surface area contributed by atoms with E-state index in [0.717, 1.165) is 9.26 Å². The predicted molar refractivity (Wildman–Crippen MR) is 69.3 cm³/mol. The number of benzene rings is 1. The minimum atomic E-state index is -0.532. The molecule has 1 aromatic carbocycles. The second kappa shape index (κ2) is 4.92. The first-order valence-corrected chi connectivity index (χ1v) is 6.15. The SMILES string of the molecule is CCC(O)c1cn(-c2ccccc2I)nn1. The van der Waals surface area contributed by atoms with Gasteiger partial charge < -0.3 is 5.11 Å². The summed E-state index contributed by atoms with van der Waals surface area (Å²) in [7, 11) is 0. The van der Waals surface area contributed by atoms with Gasteiger partial charge in [-0.05, 0) is 41.1 Å². The third-order valence-corrected chi connectivity index (χ3v) is 3.25. The molecule has 0 saturated carbocycles. The van der Waals surface area contributed by atoms with E-state index in [1.54, 1.807) is 10.9 Å². The van der Waals surface area contributed by atoms with Crippen LogP contribution in [0.25, 0.3) is 5.69 Å². The lowest BCUT2D eigenvalue weighted by Crippen LogP contribution is -1.97. The minimum absolute atomic E-state index is 0.532. The Morgan fingerprint density at radius 3 is 2.88 bits per heavy atom. The number of nitrogens with zero attached hydrogens (tertiary/aromatic N) is 3. The molecule has 0 amide bonds. The summed E-state index contributed by atoms with van der Waals surface area (Å²) in [6.45, 7) is 1.91. The van der Waals surface area contributed by atoms with E-state index in [1.807, 2.05) is 31.2 Å². The fourth-order valence-electron chi connectivity index (χ4n) is 1.39. The maximum absolute atomic E-state index is 9.64. The fraction of sp³-hybridized carbons (Fsp3) is 0.273. The second-order valence-electron chi connectivity index (χ2n) is 3.46. The zero-order chi connectivity index (χ0) is 11.5. The average Bonchev–Trinajstić information content (AvgIpc) is 2.78. The highest BCUT2D eigenvalue weighted by Crippen LogP contribution is 2.18. The summed E-state index contributed by atoms with van der Waals surface area (Å²) in [4.78, 5) is 0. The van der Waals surface area contributed by atoms with Gasteiger partial charge in [-0.15, -0.1) is 5.10 Å². The number of aliphatic hydroxyl groups excluding tert-OH is 1. The normalized spacial score (nSPS) is 12.7. The molecule has 5 heteroatoms. The lowest BCUT2D eigenvalue weighted by molar-refractivity contribution is 0.169. The zero-order valence-electron chi connectivity index (χ0n) is 8.84. The highest BCUT2D eigenvalue weighted by atomic mass is 127. The van der Waals surface area contributed by atoms with Crippen LogP contribution in [0.4, 0.5) is 0 Å². The maximum atomic E-state index is 9.64. The van der Waals surface area contributed by atoms with Crippen LogP contribution in [0.15, 0.2) is 30.5 Å². The van der Waals surface area contributed by atoms with Crippen LogP contribution in [-0.4, -0.2) is 20.1 Å². The molecule has 0 fully saturated rings. The van der Waals surface area contributed by atoms with Crippen molar-refractivity contribution in [3.05, 3.63) is 39.7 Å². The van der Waals surface area contributed by atoms with Crippen molar-refractivity contribution >= 4 is 22.6 Å². The molecule has 1 aromatic heterocycles. The van der Waals surface area contributed by atoms with Crippen molar-refractivity contribution in [2.75, 3.05) is 0 Å². The third kappa shape index (κ3) is 2.25. The van der Waals surface area contributed by atoms with E-state index in [-0.39, 0.29) is 0 Å². The van der Waals surface area contributed by atoms with Gasteiger partial charge >= 0.3 is 0 Å². The van der Waals surface area contributed by atoms with Crippen LogP contribution in [0, 0.1) is 3.57 Å². The van der Waals surface area contributed by atoms with Crippen molar-refractivity contribution in [2.24, 2.45) is 0 Å². The Bertz CT molecular complexity index is 484. The number of aliphatic hydroxyl groups is 1. The highest BCUT2D eigenvalue weighted by Gasteiger charge is 2.11. The molecule has 4 nitrogen and oxygen atoms in total. The fourth-order valence-corrected chi connectivity index (χ4v) is 2.03. The second-order valence-corrected chi connectivity index (χ2v) is 4.63. The van der Waals surface area contributed by atoms with Crippen LogP contribution in [0.3, 0.4) is 0 Å². The molecule has 0 saturated heterocycles. The summed E-state index contributed by atoms with van der Waals surface area (Å²) >= 11 is 2.25. The van der Waals surface area contributed by atoms with Crippen LogP contribution < -0.4 is 0 Å². The molecular weight excluding hydrogens is 317 g/mol. The first kappa shape index (κ1) is 11.5. The minimum Gasteiger partial charge on any atom is -0.387 e. The number of para-hydroxylation sites is 1. The van der Waals surface area contributed by atoms with Gasteiger partial charge in [-0.1, -0.05) is 24.3 Å². The first-order valence-electron chi connectivity index (χ1n) is 5.07. The molecule has 1 unspecified atom stereocenters. The predicted octanol–water partition coefficient (Wildman–Crippen LogP) is 2.32. The molecule has 1 atom stereocenters. The molecule has 1 heterocycles. The van der Waals surface area contributed by atoms with Crippen molar-refractivity contribution in [1.82, 2.24) is 15.0 Å². The van der Waals surface area contributed by atoms with E-state index in [9.17, 15) is 5.11 Å². The van der Waals surface area contributed by atoms with Crippen molar-refractivity contribution in [3.63, 3.8) is 0 Å². The molecule has 84 valence electrons. The lowest BCUT2D eigenvalue weighted by atomic mass is 10.2. The Morgan fingerprint density at radius 2 is 2.19 bits per heavy atom. The topological polar surface area (TPSA) is 50.9 Å². The Morgan fingerprint density at radius 1 is 1.44 bits per heavy atom. The average molecular weight is 329 g/mol. The van der Waals surface area contributed by atoms with Gasteiger partial charge in [0.25, 0.3) is 0 Å². The standard InChI is InChI=1S/C11H12IN3O/c1-2-11(16)9-7-15(14-13-9)10-6-4-3-5-8(10)12/h3-7,11,16H,2H2,1H3. The van der Waals surface area contributed by atoms with E-state index in [2.05, 4.69) is 32.9 Å². The smallest absolute Gasteiger partial charge is 0.112 e. The van der Waals surface area contributed by atoms with Gasteiger partial charge in [-0.25, -0.2) is 4.68 Å². The van der Waals surface area contributed by atoms with Crippen LogP contribution in [-0.2, 0) is 0 Å². The highest BCUT2D eigenvalue weighted by molar-refractivity contribution is 14.1. The van der Waals surface area contributed by atoms with Crippen LogP contribution in [0.1, 0.15) is 25.1 Å². The van der Waals surface area contributed by atoms with Crippen molar-refractivity contribution in [1.29, 1.82) is 0 Å². The molecule has 2 rings (SSSR count). The van der Waals surface area contributed by atoms with Crippen LogP contribution >= 0.6 is 22.6 Å². The summed E-state index contributed by atoms with van der Waals surface area (Å²) in [5, 5.41) is 17.6. The maximum Gasteiger partial charge on any atom is 0.112 e. The molecule has 2 aromatic rings. The van der Waals surface area contributed by atoms with Gasteiger partial charge in [-0.2, -0.15) is 0 Å². The number of rotatable bonds is 3. The summed E-state index contributed by atoms with van der Waals surface area (Å²) in [6.07, 6.45) is 1.88. The molecule has 0 aliphatic heterocycles. The van der Waals surface area contributed by atoms with Crippen molar-refractivity contribution in [3.8, 4) is 5.69 Å². The van der Waals surface area contributed by atoms with Crippen molar-refractivity contribution in [2.45, 2.75) is 19.4 Å².